The van der Waals surface area contributed by atoms with E-state index in [4.69, 9.17) is 4.98 Å². The Labute approximate surface area is 168 Å². The zero-order valence-corrected chi connectivity index (χ0v) is 17.1. The molecule has 28 heavy (non-hydrogen) atoms. The number of aromatic nitrogens is 1. The van der Waals surface area contributed by atoms with E-state index in [-0.39, 0.29) is 5.91 Å². The Bertz CT molecular complexity index is 820. The number of carbonyl (C=O) groups excluding carboxylic acids is 1. The van der Waals surface area contributed by atoms with Crippen LogP contribution in [0, 0.1) is 18.8 Å². The van der Waals surface area contributed by atoms with Crippen molar-refractivity contribution in [3.8, 4) is 0 Å². The third-order valence-electron chi connectivity index (χ3n) is 6.56. The molecule has 1 aliphatic heterocycles. The van der Waals surface area contributed by atoms with Gasteiger partial charge in [-0.15, -0.1) is 0 Å². The maximum atomic E-state index is 12.7. The molecule has 0 unspecified atom stereocenters. The van der Waals surface area contributed by atoms with Crippen molar-refractivity contribution in [3.63, 3.8) is 0 Å². The molecule has 0 radical (unpaired) electrons. The van der Waals surface area contributed by atoms with E-state index in [9.17, 15) is 4.79 Å². The molecule has 2 heterocycles. The smallest absolute Gasteiger partial charge is 0.224 e. The van der Waals surface area contributed by atoms with Crippen LogP contribution in [0.2, 0.25) is 0 Å². The van der Waals surface area contributed by atoms with Gasteiger partial charge in [-0.1, -0.05) is 25.3 Å². The normalized spacial score (nSPS) is 19.0. The zero-order valence-electron chi connectivity index (χ0n) is 17.1. The molecule has 2 fully saturated rings. The van der Waals surface area contributed by atoms with E-state index < -0.39 is 0 Å². The lowest BCUT2D eigenvalue weighted by Crippen LogP contribution is -2.28. The molecule has 4 nitrogen and oxygen atoms in total. The Hall–Kier alpha value is -1.94. The fraction of sp³-hybridized carbons (Fsp3) is 0.583. The summed E-state index contributed by atoms with van der Waals surface area (Å²) in [5.74, 6) is 1.44. The van der Waals surface area contributed by atoms with E-state index in [1.165, 1.54) is 50.6 Å². The van der Waals surface area contributed by atoms with E-state index in [1.54, 1.807) is 0 Å². The molecule has 0 bridgehead atoms. The van der Waals surface area contributed by atoms with Crippen LogP contribution in [0.5, 0.6) is 0 Å². The molecule has 1 aromatic carbocycles. The van der Waals surface area contributed by atoms with Crippen molar-refractivity contribution in [1.29, 1.82) is 0 Å². The molecule has 2 aliphatic rings. The fourth-order valence-corrected chi connectivity index (χ4v) is 4.86. The number of hydrogen-bond acceptors (Lipinski definition) is 3. The number of nitrogens with zero attached hydrogens (tertiary/aromatic N) is 1. The van der Waals surface area contributed by atoms with Crippen LogP contribution in [0.4, 0.5) is 5.69 Å². The van der Waals surface area contributed by atoms with Crippen molar-refractivity contribution in [2.75, 3.05) is 18.4 Å². The number of fused-ring (bicyclic) bond motifs is 1. The molecule has 1 aromatic heterocycles. The Morgan fingerprint density at radius 1 is 1.04 bits per heavy atom. The van der Waals surface area contributed by atoms with Crippen molar-refractivity contribution in [3.05, 3.63) is 35.5 Å². The number of piperidine rings is 1. The van der Waals surface area contributed by atoms with Gasteiger partial charge in [-0.2, -0.15) is 0 Å². The second-order valence-corrected chi connectivity index (χ2v) is 8.78. The van der Waals surface area contributed by atoms with Crippen LogP contribution >= 0.6 is 0 Å². The van der Waals surface area contributed by atoms with Crippen molar-refractivity contribution in [2.24, 2.45) is 11.8 Å². The second-order valence-electron chi connectivity index (χ2n) is 8.78. The van der Waals surface area contributed by atoms with Gasteiger partial charge < -0.3 is 10.6 Å². The lowest BCUT2D eigenvalue weighted by atomic mass is 9.87. The van der Waals surface area contributed by atoms with E-state index in [0.29, 0.717) is 12.3 Å². The topological polar surface area (TPSA) is 54.0 Å². The highest BCUT2D eigenvalue weighted by Crippen LogP contribution is 2.30. The first-order valence-electron chi connectivity index (χ1n) is 11.1. The predicted octanol–water partition coefficient (Wildman–Crippen LogP) is 4.99. The number of amides is 1. The van der Waals surface area contributed by atoms with Crippen LogP contribution < -0.4 is 10.6 Å². The number of anilines is 1. The van der Waals surface area contributed by atoms with Gasteiger partial charge in [0.2, 0.25) is 5.91 Å². The first-order valence-corrected chi connectivity index (χ1v) is 11.1. The average molecular weight is 380 g/mol. The van der Waals surface area contributed by atoms with Gasteiger partial charge in [0, 0.05) is 17.5 Å². The van der Waals surface area contributed by atoms with Crippen molar-refractivity contribution in [1.82, 2.24) is 10.3 Å². The number of benzene rings is 1. The molecule has 1 amide bonds. The second kappa shape index (κ2) is 9.04. The molecule has 1 saturated carbocycles. The predicted molar refractivity (Wildman–Crippen MR) is 116 cm³/mol. The molecule has 150 valence electrons. The zero-order chi connectivity index (χ0) is 19.3. The minimum Gasteiger partial charge on any atom is -0.325 e. The first-order chi connectivity index (χ1) is 13.7. The van der Waals surface area contributed by atoms with Gasteiger partial charge in [0.15, 0.2) is 0 Å². The molecule has 0 spiro atoms. The third kappa shape index (κ3) is 4.72. The highest BCUT2D eigenvalue weighted by Gasteiger charge is 2.19. The summed E-state index contributed by atoms with van der Waals surface area (Å²) in [6, 6.07) is 8.48. The van der Waals surface area contributed by atoms with Gasteiger partial charge in [0.1, 0.15) is 0 Å². The SMILES string of the molecule is Cc1ccc2nc(CC3CCNCC3)ccc2c1NC(=O)CC1CCCCC1. The highest BCUT2D eigenvalue weighted by molar-refractivity contribution is 6.02. The average Bonchev–Trinajstić information content (AvgIpc) is 2.72. The van der Waals surface area contributed by atoms with E-state index in [2.05, 4.69) is 41.8 Å². The summed E-state index contributed by atoms with van der Waals surface area (Å²) in [6.07, 6.45) is 10.4. The van der Waals surface area contributed by atoms with E-state index in [1.807, 2.05) is 0 Å². The van der Waals surface area contributed by atoms with Crippen LogP contribution in [0.3, 0.4) is 0 Å². The van der Waals surface area contributed by atoms with Gasteiger partial charge in [0.25, 0.3) is 0 Å². The Morgan fingerprint density at radius 3 is 2.61 bits per heavy atom. The van der Waals surface area contributed by atoms with Gasteiger partial charge in [0.05, 0.1) is 11.2 Å². The molecule has 2 N–H and O–H groups in total. The summed E-state index contributed by atoms with van der Waals surface area (Å²) in [7, 11) is 0. The maximum absolute atomic E-state index is 12.7. The molecule has 1 aliphatic carbocycles. The van der Waals surface area contributed by atoms with Crippen molar-refractivity contribution >= 4 is 22.5 Å². The van der Waals surface area contributed by atoms with Crippen molar-refractivity contribution < 1.29 is 4.79 Å². The fourth-order valence-electron chi connectivity index (χ4n) is 4.86. The summed E-state index contributed by atoms with van der Waals surface area (Å²) in [6.45, 7) is 4.31. The molecule has 2 aromatic rings. The summed E-state index contributed by atoms with van der Waals surface area (Å²) in [4.78, 5) is 17.6. The first kappa shape index (κ1) is 19.4. The van der Waals surface area contributed by atoms with Crippen LogP contribution in [0.15, 0.2) is 24.3 Å². The van der Waals surface area contributed by atoms with Gasteiger partial charge in [-0.3, -0.25) is 9.78 Å². The van der Waals surface area contributed by atoms with Crippen molar-refractivity contribution in [2.45, 2.75) is 64.7 Å². The quantitative estimate of drug-likeness (QED) is 0.769. The van der Waals surface area contributed by atoms with Gasteiger partial charge in [-0.25, -0.2) is 0 Å². The van der Waals surface area contributed by atoms with Crippen LogP contribution in [0.25, 0.3) is 10.9 Å². The Kier molecular flexibility index (Phi) is 6.26. The minimum atomic E-state index is 0.154. The number of aryl methyl sites for hydroxylation is 1. The number of rotatable bonds is 5. The van der Waals surface area contributed by atoms with E-state index in [0.717, 1.165) is 47.6 Å². The summed E-state index contributed by atoms with van der Waals surface area (Å²) < 4.78 is 0. The molecular formula is C24H33N3O. The largest absolute Gasteiger partial charge is 0.325 e. The number of pyridine rings is 1. The summed E-state index contributed by atoms with van der Waals surface area (Å²) in [5, 5.41) is 7.71. The third-order valence-corrected chi connectivity index (χ3v) is 6.56. The Morgan fingerprint density at radius 2 is 1.82 bits per heavy atom. The monoisotopic (exact) mass is 379 g/mol. The lowest BCUT2D eigenvalue weighted by molar-refractivity contribution is -0.117. The molecule has 1 saturated heterocycles. The Balaban J connectivity index is 1.49. The van der Waals surface area contributed by atoms with Crippen LogP contribution in [0.1, 0.15) is 62.6 Å². The molecule has 4 heteroatoms. The van der Waals surface area contributed by atoms with Gasteiger partial charge in [-0.05, 0) is 87.7 Å². The standard InChI is InChI=1S/C24H33N3O/c1-17-7-10-22-21(9-8-20(26-22)15-19-11-13-25-14-12-19)24(17)27-23(28)16-18-5-3-2-4-6-18/h7-10,18-19,25H,2-6,11-16H2,1H3,(H,27,28). The summed E-state index contributed by atoms with van der Waals surface area (Å²) in [5.41, 5.74) is 4.21. The number of hydrogen-bond donors (Lipinski definition) is 2. The summed E-state index contributed by atoms with van der Waals surface area (Å²) >= 11 is 0. The maximum Gasteiger partial charge on any atom is 0.224 e. The van der Waals surface area contributed by atoms with Crippen LogP contribution in [-0.2, 0) is 11.2 Å². The lowest BCUT2D eigenvalue weighted by Gasteiger charge is -2.22. The number of nitrogens with one attached hydrogen (secondary N) is 2. The van der Waals surface area contributed by atoms with E-state index >= 15 is 0 Å². The highest BCUT2D eigenvalue weighted by atomic mass is 16.1. The number of carbonyl (C=O) groups is 1. The minimum absolute atomic E-state index is 0.154. The van der Waals surface area contributed by atoms with Crippen LogP contribution in [-0.4, -0.2) is 24.0 Å². The molecular weight excluding hydrogens is 346 g/mol. The molecule has 0 atom stereocenters. The van der Waals surface area contributed by atoms with Gasteiger partial charge >= 0.3 is 0 Å². The molecule has 4 rings (SSSR count).